The van der Waals surface area contributed by atoms with Gasteiger partial charge < -0.3 is 23.7 Å². The van der Waals surface area contributed by atoms with Crippen LogP contribution >= 0.6 is 0 Å². The maximum Gasteiger partial charge on any atom is 0.334 e. The molecule has 0 spiro atoms. The second-order valence-electron chi connectivity index (χ2n) is 3.67. The quantitative estimate of drug-likeness (QED) is 0.266. The number of rotatable bonds is 10. The van der Waals surface area contributed by atoms with Crippen LogP contribution in [0.25, 0.3) is 0 Å². The predicted octanol–water partition coefficient (Wildman–Crippen LogP) is 0.445. The van der Waals surface area contributed by atoms with Gasteiger partial charge in [0.25, 0.3) is 0 Å². The van der Waals surface area contributed by atoms with Crippen LogP contribution in [0.1, 0.15) is 10.5 Å². The average Bonchev–Trinajstić information content (AvgIpc) is 2.51. The molecule has 1 rings (SSSR count). The lowest BCUT2D eigenvalue weighted by Gasteiger charge is -2.11. The maximum atomic E-state index is 11.3. The first-order valence-corrected chi connectivity index (χ1v) is 6.06. The van der Waals surface area contributed by atoms with Gasteiger partial charge in [-0.3, -0.25) is 4.79 Å². The highest BCUT2D eigenvalue weighted by molar-refractivity contribution is 5.78. The van der Waals surface area contributed by atoms with Crippen molar-refractivity contribution in [2.75, 3.05) is 40.8 Å². The second-order valence-corrected chi connectivity index (χ2v) is 3.67. The van der Waals surface area contributed by atoms with E-state index in [1.54, 1.807) is 0 Å². The van der Waals surface area contributed by atoms with Crippen LogP contribution in [-0.4, -0.2) is 58.1 Å². The van der Waals surface area contributed by atoms with Crippen LogP contribution in [0, 0.1) is 0 Å². The zero-order valence-corrected chi connectivity index (χ0v) is 11.9. The van der Waals surface area contributed by atoms with E-state index in [0.717, 1.165) is 0 Å². The molecule has 0 aliphatic rings. The third-order valence-corrected chi connectivity index (χ3v) is 2.30. The minimum atomic E-state index is -0.596. The van der Waals surface area contributed by atoms with Crippen molar-refractivity contribution in [2.24, 2.45) is 0 Å². The smallest absolute Gasteiger partial charge is 0.334 e. The van der Waals surface area contributed by atoms with E-state index < -0.39 is 5.97 Å². The summed E-state index contributed by atoms with van der Waals surface area (Å²) in [6, 6.07) is 1.53. The van der Waals surface area contributed by atoms with E-state index in [-0.39, 0.29) is 31.5 Å². The fourth-order valence-corrected chi connectivity index (χ4v) is 1.33. The lowest BCUT2D eigenvalue weighted by Crippen LogP contribution is -2.18. The van der Waals surface area contributed by atoms with Crippen LogP contribution in [0.15, 0.2) is 12.3 Å². The Morgan fingerprint density at radius 2 is 2.14 bits per heavy atom. The zero-order valence-electron chi connectivity index (χ0n) is 11.9. The Balaban J connectivity index is 2.41. The third kappa shape index (κ3) is 5.76. The minimum absolute atomic E-state index is 0.0572. The highest BCUT2D eigenvalue weighted by atomic mass is 16.7. The van der Waals surface area contributed by atoms with E-state index in [4.69, 9.17) is 23.7 Å². The first-order chi connectivity index (χ1) is 10.2. The van der Waals surface area contributed by atoms with Crippen LogP contribution in [0.4, 0.5) is 0 Å². The number of esters is 1. The molecule has 0 atom stereocenters. The molecule has 0 unspecified atom stereocenters. The van der Waals surface area contributed by atoms with Crippen molar-refractivity contribution in [1.82, 2.24) is 4.98 Å². The Hall–Kier alpha value is -2.19. The first kappa shape index (κ1) is 16.9. The number of carbonyl (C=O) groups excluding carboxylic acids is 2. The summed E-state index contributed by atoms with van der Waals surface area (Å²) in [6.45, 7) is 0.0876. The maximum absolute atomic E-state index is 11.3. The molecule has 8 heteroatoms. The highest BCUT2D eigenvalue weighted by Gasteiger charge is 2.12. The van der Waals surface area contributed by atoms with E-state index in [9.17, 15) is 9.59 Å². The van der Waals surface area contributed by atoms with Gasteiger partial charge in [-0.2, -0.15) is 0 Å². The van der Waals surface area contributed by atoms with Crippen molar-refractivity contribution in [1.29, 1.82) is 0 Å². The summed E-state index contributed by atoms with van der Waals surface area (Å²) in [4.78, 5) is 26.0. The van der Waals surface area contributed by atoms with Crippen LogP contribution in [0.3, 0.4) is 0 Å². The molecule has 0 radical (unpaired) electrons. The first-order valence-electron chi connectivity index (χ1n) is 6.06. The Bertz CT molecular complexity index is 464. The van der Waals surface area contributed by atoms with Crippen molar-refractivity contribution in [3.8, 4) is 11.5 Å². The number of nitrogens with zero attached hydrogens (tertiary/aromatic N) is 1. The number of hydrogen-bond donors (Lipinski definition) is 0. The lowest BCUT2D eigenvalue weighted by molar-refractivity contribution is -0.156. The number of pyridine rings is 1. The van der Waals surface area contributed by atoms with Crippen molar-refractivity contribution in [3.63, 3.8) is 0 Å². The number of ether oxygens (including phenoxy) is 5. The second kappa shape index (κ2) is 9.67. The molecule has 0 fully saturated rings. The lowest BCUT2D eigenvalue weighted by atomic mass is 10.3. The van der Waals surface area contributed by atoms with E-state index >= 15 is 0 Å². The molecule has 0 amide bonds. The molecule has 0 bridgehead atoms. The van der Waals surface area contributed by atoms with Gasteiger partial charge in [-0.05, 0) is 0 Å². The van der Waals surface area contributed by atoms with Crippen LogP contribution < -0.4 is 9.47 Å². The Labute approximate surface area is 121 Å². The molecule has 0 N–H and O–H groups in total. The van der Waals surface area contributed by atoms with Gasteiger partial charge in [-0.1, -0.05) is 0 Å². The van der Waals surface area contributed by atoms with Gasteiger partial charge >= 0.3 is 5.97 Å². The van der Waals surface area contributed by atoms with Gasteiger partial charge in [-0.15, -0.1) is 0 Å². The van der Waals surface area contributed by atoms with Gasteiger partial charge in [0.1, 0.15) is 12.3 Å². The summed E-state index contributed by atoms with van der Waals surface area (Å²) in [5.41, 5.74) is 0.0572. The molecule has 116 valence electrons. The Morgan fingerprint density at radius 3 is 2.81 bits per heavy atom. The largest absolute Gasteiger partial charge is 0.493 e. The summed E-state index contributed by atoms with van der Waals surface area (Å²) in [5, 5.41) is 0. The number of carbonyl (C=O) groups is 2. The number of aldehydes is 1. The standard InChI is InChI=1S/C13H17NO7/c1-17-5-6-19-8-12(16)20-9-21-13-10(7-15)14-4-3-11(13)18-2/h3-4,7H,5-6,8-9H2,1-2H3. The third-order valence-electron chi connectivity index (χ3n) is 2.30. The van der Waals surface area contributed by atoms with E-state index in [1.807, 2.05) is 0 Å². The zero-order chi connectivity index (χ0) is 15.5. The number of methoxy groups -OCH3 is 2. The molecule has 0 saturated carbocycles. The van der Waals surface area contributed by atoms with Crippen molar-refractivity contribution in [3.05, 3.63) is 18.0 Å². The van der Waals surface area contributed by atoms with Gasteiger partial charge in [-0.25, -0.2) is 9.78 Å². The Morgan fingerprint density at radius 1 is 1.33 bits per heavy atom. The highest BCUT2D eigenvalue weighted by Crippen LogP contribution is 2.28. The van der Waals surface area contributed by atoms with Crippen LogP contribution in [0.5, 0.6) is 11.5 Å². The normalized spacial score (nSPS) is 10.0. The molecular formula is C13H17NO7. The number of aromatic nitrogens is 1. The summed E-state index contributed by atoms with van der Waals surface area (Å²) in [5.74, 6) is -0.163. The molecule has 1 heterocycles. The molecule has 8 nitrogen and oxygen atoms in total. The van der Waals surface area contributed by atoms with Gasteiger partial charge in [0.2, 0.25) is 6.79 Å². The van der Waals surface area contributed by atoms with Crippen LogP contribution in [-0.2, 0) is 19.0 Å². The molecule has 0 aromatic carbocycles. The molecule has 0 aliphatic carbocycles. The Kier molecular flexibility index (Phi) is 7.77. The summed E-state index contributed by atoms with van der Waals surface area (Å²) >= 11 is 0. The SMILES string of the molecule is COCCOCC(=O)OCOc1c(OC)ccnc1C=O. The van der Waals surface area contributed by atoms with Gasteiger partial charge in [0.05, 0.1) is 20.3 Å². The summed E-state index contributed by atoms with van der Waals surface area (Å²) in [7, 11) is 2.95. The molecule has 0 aliphatic heterocycles. The minimum Gasteiger partial charge on any atom is -0.493 e. The fraction of sp³-hybridized carbons (Fsp3) is 0.462. The van der Waals surface area contributed by atoms with Gasteiger partial charge in [0.15, 0.2) is 17.8 Å². The van der Waals surface area contributed by atoms with E-state index in [2.05, 4.69) is 4.98 Å². The summed E-state index contributed by atoms with van der Waals surface area (Å²) < 4.78 is 24.8. The molecule has 0 saturated heterocycles. The van der Waals surface area contributed by atoms with Crippen LogP contribution in [0.2, 0.25) is 0 Å². The topological polar surface area (TPSA) is 93.2 Å². The average molecular weight is 299 g/mol. The molecular weight excluding hydrogens is 282 g/mol. The van der Waals surface area contributed by atoms with Crippen molar-refractivity contribution < 1.29 is 33.3 Å². The molecule has 1 aromatic rings. The van der Waals surface area contributed by atoms with Gasteiger partial charge in [0, 0.05) is 19.4 Å². The van der Waals surface area contributed by atoms with Crippen molar-refractivity contribution >= 4 is 12.3 Å². The van der Waals surface area contributed by atoms with E-state index in [1.165, 1.54) is 26.5 Å². The monoisotopic (exact) mass is 299 g/mol. The molecule has 21 heavy (non-hydrogen) atoms. The van der Waals surface area contributed by atoms with Crippen molar-refractivity contribution in [2.45, 2.75) is 0 Å². The predicted molar refractivity (Wildman–Crippen MR) is 70.5 cm³/mol. The number of hydrogen-bond acceptors (Lipinski definition) is 8. The summed E-state index contributed by atoms with van der Waals surface area (Å²) in [6.07, 6.45) is 1.93. The fourth-order valence-electron chi connectivity index (χ4n) is 1.33. The molecule has 1 aromatic heterocycles. The van der Waals surface area contributed by atoms with E-state index in [0.29, 0.717) is 18.6 Å².